The van der Waals surface area contributed by atoms with Crippen molar-refractivity contribution in [2.45, 2.75) is 69.3 Å². The van der Waals surface area contributed by atoms with Gasteiger partial charge in [-0.2, -0.15) is 0 Å². The van der Waals surface area contributed by atoms with Crippen LogP contribution >= 0.6 is 0 Å². The Bertz CT molecular complexity index is 1050. The van der Waals surface area contributed by atoms with Crippen LogP contribution in [-0.2, 0) is 33.6 Å². The van der Waals surface area contributed by atoms with E-state index in [1.165, 1.54) is 6.92 Å². The normalized spacial score (nSPS) is 17.1. The van der Waals surface area contributed by atoms with Crippen LogP contribution in [0.4, 0.5) is 0 Å². The summed E-state index contributed by atoms with van der Waals surface area (Å²) < 4.78 is 0. The average Bonchev–Trinajstić information content (AvgIpc) is 3.41. The molecule has 13 N–H and O–H groups in total. The topological polar surface area (TPSA) is 322 Å². The first-order valence-corrected chi connectivity index (χ1v) is 13.0. The highest BCUT2D eigenvalue weighted by atomic mass is 16.4. The fourth-order valence-electron chi connectivity index (χ4n) is 4.05. The Morgan fingerprint density at radius 2 is 1.62 bits per heavy atom. The van der Waals surface area contributed by atoms with Crippen LogP contribution in [0, 0.1) is 0 Å². The number of guanidine groups is 1. The molecule has 1 saturated heterocycles. The van der Waals surface area contributed by atoms with Gasteiger partial charge < -0.3 is 58.7 Å². The van der Waals surface area contributed by atoms with Crippen molar-refractivity contribution >= 4 is 47.4 Å². The molecule has 0 aromatic rings. The van der Waals surface area contributed by atoms with Gasteiger partial charge in [-0.3, -0.25) is 33.8 Å². The highest BCUT2D eigenvalue weighted by Crippen LogP contribution is 2.19. The predicted molar refractivity (Wildman–Crippen MR) is 144 cm³/mol. The summed E-state index contributed by atoms with van der Waals surface area (Å²) in [6, 6.07) is -5.63. The van der Waals surface area contributed by atoms with Crippen molar-refractivity contribution in [1.82, 2.24) is 26.2 Å². The molecular formula is C23H39N9O10. The zero-order valence-corrected chi connectivity index (χ0v) is 23.1. The van der Waals surface area contributed by atoms with E-state index in [0.717, 1.165) is 4.90 Å². The maximum absolute atomic E-state index is 13.0. The second kappa shape index (κ2) is 17.3. The summed E-state index contributed by atoms with van der Waals surface area (Å²) in [4.78, 5) is 90.3. The van der Waals surface area contributed by atoms with E-state index in [2.05, 4.69) is 26.3 Å². The number of aliphatic carboxylic acids is 2. The minimum absolute atomic E-state index is 0.0743. The molecule has 1 fully saturated rings. The smallest absolute Gasteiger partial charge is 0.326 e. The Hall–Kier alpha value is -4.52. The van der Waals surface area contributed by atoms with Gasteiger partial charge >= 0.3 is 11.9 Å². The minimum atomic E-state index is -1.73. The molecule has 5 atom stereocenters. The molecule has 1 aliphatic heterocycles. The van der Waals surface area contributed by atoms with Crippen LogP contribution in [0.15, 0.2) is 4.99 Å². The molecule has 19 heteroatoms. The number of likely N-dealkylation sites (tertiary alicyclic amines) is 1. The van der Waals surface area contributed by atoms with Gasteiger partial charge in [-0.1, -0.05) is 0 Å². The molecule has 19 nitrogen and oxygen atoms in total. The van der Waals surface area contributed by atoms with Gasteiger partial charge in [0.1, 0.15) is 24.2 Å². The molecule has 5 amide bonds. The van der Waals surface area contributed by atoms with E-state index < -0.39 is 91.3 Å². The number of nitrogens with zero attached hydrogens (tertiary/aromatic N) is 2. The van der Waals surface area contributed by atoms with Crippen LogP contribution in [0.1, 0.15) is 39.0 Å². The number of aliphatic hydroxyl groups is 1. The molecule has 236 valence electrons. The second-order valence-corrected chi connectivity index (χ2v) is 9.46. The number of nitrogens with one attached hydrogen (secondary N) is 4. The van der Waals surface area contributed by atoms with Crippen molar-refractivity contribution in [2.24, 2.45) is 22.2 Å². The number of aliphatic imine (C=N–C) groups is 1. The van der Waals surface area contributed by atoms with Crippen LogP contribution < -0.4 is 38.5 Å². The monoisotopic (exact) mass is 601 g/mol. The van der Waals surface area contributed by atoms with E-state index in [1.54, 1.807) is 0 Å². The quantitative estimate of drug-likeness (QED) is 0.0423. The van der Waals surface area contributed by atoms with Crippen LogP contribution in [-0.4, -0.2) is 124 Å². The predicted octanol–water partition coefficient (Wildman–Crippen LogP) is -5.50. The molecule has 0 bridgehead atoms. The highest BCUT2D eigenvalue weighted by Gasteiger charge is 2.40. The van der Waals surface area contributed by atoms with E-state index in [9.17, 15) is 48.9 Å². The molecule has 0 aliphatic carbocycles. The van der Waals surface area contributed by atoms with Gasteiger partial charge in [0, 0.05) is 13.1 Å². The summed E-state index contributed by atoms with van der Waals surface area (Å²) in [6.45, 7) is 0.269. The summed E-state index contributed by atoms with van der Waals surface area (Å²) in [6.07, 6.45) is -1.49. The van der Waals surface area contributed by atoms with Gasteiger partial charge in [0.25, 0.3) is 0 Å². The highest BCUT2D eigenvalue weighted by molar-refractivity contribution is 5.96. The van der Waals surface area contributed by atoms with Gasteiger partial charge in [-0.15, -0.1) is 0 Å². The molecule has 0 unspecified atom stereocenters. The van der Waals surface area contributed by atoms with Crippen LogP contribution in [0.5, 0.6) is 0 Å². The lowest BCUT2D eigenvalue weighted by Crippen LogP contribution is -2.59. The summed E-state index contributed by atoms with van der Waals surface area (Å²) in [5, 5.41) is 37.7. The Balaban J connectivity index is 2.88. The first-order valence-electron chi connectivity index (χ1n) is 13.0. The number of carbonyl (C=O) groups is 7. The van der Waals surface area contributed by atoms with Gasteiger partial charge in [-0.25, -0.2) is 4.79 Å². The van der Waals surface area contributed by atoms with Crippen molar-refractivity contribution < 1.29 is 48.9 Å². The molecule has 42 heavy (non-hydrogen) atoms. The summed E-state index contributed by atoms with van der Waals surface area (Å²) in [5.41, 5.74) is 15.8. The fourth-order valence-corrected chi connectivity index (χ4v) is 4.05. The molecule has 1 rings (SSSR count). The van der Waals surface area contributed by atoms with Crippen LogP contribution in [0.2, 0.25) is 0 Å². The van der Waals surface area contributed by atoms with Gasteiger partial charge in [0.05, 0.1) is 25.6 Å². The first kappa shape index (κ1) is 35.5. The third-order valence-corrected chi connectivity index (χ3v) is 6.10. The molecule has 0 spiro atoms. The Labute approximate surface area is 240 Å². The van der Waals surface area contributed by atoms with Gasteiger partial charge in [0.2, 0.25) is 29.5 Å². The fraction of sp³-hybridized carbons (Fsp3) is 0.652. The van der Waals surface area contributed by atoms with Crippen molar-refractivity contribution in [3.05, 3.63) is 0 Å². The summed E-state index contributed by atoms with van der Waals surface area (Å²) in [7, 11) is 0. The van der Waals surface area contributed by atoms with E-state index in [1.807, 2.05) is 0 Å². The number of amides is 5. The third kappa shape index (κ3) is 11.9. The minimum Gasteiger partial charge on any atom is -0.481 e. The Morgan fingerprint density at radius 3 is 2.17 bits per heavy atom. The Kier molecular flexibility index (Phi) is 14.6. The number of nitrogens with two attached hydrogens (primary N) is 3. The van der Waals surface area contributed by atoms with Gasteiger partial charge in [0.15, 0.2) is 5.96 Å². The molecular weight excluding hydrogens is 562 g/mol. The molecule has 0 radical (unpaired) electrons. The molecule has 0 aromatic heterocycles. The number of aliphatic hydroxyl groups excluding tert-OH is 1. The summed E-state index contributed by atoms with van der Waals surface area (Å²) in [5.74, 6) is -7.36. The summed E-state index contributed by atoms with van der Waals surface area (Å²) >= 11 is 0. The van der Waals surface area contributed by atoms with Crippen molar-refractivity contribution in [3.63, 3.8) is 0 Å². The Morgan fingerprint density at radius 1 is 0.976 bits per heavy atom. The lowest BCUT2D eigenvalue weighted by molar-refractivity contribution is -0.151. The van der Waals surface area contributed by atoms with E-state index in [4.69, 9.17) is 17.2 Å². The zero-order valence-electron chi connectivity index (χ0n) is 23.1. The third-order valence-electron chi connectivity index (χ3n) is 6.10. The zero-order chi connectivity index (χ0) is 32.0. The van der Waals surface area contributed by atoms with Crippen LogP contribution in [0.25, 0.3) is 0 Å². The molecule has 0 saturated carbocycles. The number of carboxylic acid groups (broad SMARTS) is 2. The van der Waals surface area contributed by atoms with Crippen molar-refractivity contribution in [3.8, 4) is 0 Å². The first-order chi connectivity index (χ1) is 19.7. The lowest BCUT2D eigenvalue weighted by atomic mass is 10.1. The number of carboxylic acids is 2. The maximum atomic E-state index is 13.0. The molecule has 0 aromatic carbocycles. The van der Waals surface area contributed by atoms with Crippen molar-refractivity contribution in [2.75, 3.05) is 26.2 Å². The molecule has 1 aliphatic rings. The average molecular weight is 602 g/mol. The van der Waals surface area contributed by atoms with E-state index >= 15 is 0 Å². The lowest BCUT2D eigenvalue weighted by Gasteiger charge is -2.29. The van der Waals surface area contributed by atoms with Gasteiger partial charge in [-0.05, 0) is 32.6 Å². The maximum Gasteiger partial charge on any atom is 0.326 e. The van der Waals surface area contributed by atoms with Crippen LogP contribution in [0.3, 0.4) is 0 Å². The van der Waals surface area contributed by atoms with E-state index in [0.29, 0.717) is 6.42 Å². The molecule has 1 heterocycles. The standard InChI is InChI=1S/C23H39N9O10/c1-11(33)18(21(40)32-7-3-5-14(32)22(41)42)31-20(39)13(8-17(36)37)30-16(35)10-28-19(38)12(29-15(34)9-24)4-2-6-27-23(25)26/h11-14,18,33H,2-10,24H2,1H3,(H,28,38)(H,29,34)(H,30,35)(H,31,39)(H,36,37)(H,41,42)(H4,25,26,27)/t11-,12-,13-,14-,18-/m0/s1. The number of hydrogen-bond acceptors (Lipinski definition) is 10. The number of hydrogen-bond donors (Lipinski definition) is 10. The number of carbonyl (C=O) groups excluding carboxylic acids is 5. The largest absolute Gasteiger partial charge is 0.481 e. The SMILES string of the molecule is C[C@H](O)[C@H](NC(=O)[C@H](CC(=O)O)NC(=O)CNC(=O)[C@H](CCCN=C(N)N)NC(=O)CN)C(=O)N1CCC[C@H]1C(=O)O. The second-order valence-electron chi connectivity index (χ2n) is 9.46. The number of rotatable bonds is 17. The van der Waals surface area contributed by atoms with Crippen molar-refractivity contribution in [1.29, 1.82) is 0 Å². The van der Waals surface area contributed by atoms with E-state index in [-0.39, 0.29) is 38.3 Å².